The Morgan fingerprint density at radius 2 is 1.71 bits per heavy atom. The van der Waals surface area contributed by atoms with Crippen molar-refractivity contribution in [3.63, 3.8) is 0 Å². The van der Waals surface area contributed by atoms with Gasteiger partial charge in [-0.25, -0.2) is 9.97 Å². The molecule has 3 atom stereocenters. The number of likely N-dealkylation sites (tertiary alicyclic amines) is 1. The third kappa shape index (κ3) is 3.76. The molecule has 2 aromatic rings. The molecule has 0 saturated carbocycles. The predicted molar refractivity (Wildman–Crippen MR) is 111 cm³/mol. The Balaban J connectivity index is 1.67. The Kier molecular flexibility index (Phi) is 5.10. The first kappa shape index (κ1) is 18.9. The molecule has 1 N–H and O–H groups in total. The summed E-state index contributed by atoms with van der Waals surface area (Å²) >= 11 is 0. The lowest BCUT2D eigenvalue weighted by Crippen LogP contribution is -2.46. The number of benzene rings is 1. The maximum absolute atomic E-state index is 12.3. The molecule has 0 spiro atoms. The first-order valence-corrected chi connectivity index (χ1v) is 10.1. The smallest absolute Gasteiger partial charge is 0.225 e. The number of fused-ring (bicyclic) bond motifs is 1. The fourth-order valence-electron chi connectivity index (χ4n) is 4.18. The number of anilines is 2. The molecule has 2 aliphatic heterocycles. The summed E-state index contributed by atoms with van der Waals surface area (Å²) in [5.41, 5.74) is 1.73. The van der Waals surface area contributed by atoms with Crippen molar-refractivity contribution < 1.29 is 9.53 Å². The average molecular weight is 383 g/mol. The van der Waals surface area contributed by atoms with Crippen LogP contribution in [-0.4, -0.2) is 64.7 Å². The van der Waals surface area contributed by atoms with Crippen LogP contribution < -0.4 is 10.2 Å². The highest BCUT2D eigenvalue weighted by molar-refractivity contribution is 5.83. The molecular weight excluding hydrogens is 354 g/mol. The molecule has 0 radical (unpaired) electrons. The van der Waals surface area contributed by atoms with Crippen LogP contribution >= 0.6 is 0 Å². The van der Waals surface area contributed by atoms with E-state index in [1.807, 2.05) is 29.2 Å². The normalized spacial score (nSPS) is 25.8. The van der Waals surface area contributed by atoms with Gasteiger partial charge in [0.25, 0.3) is 0 Å². The summed E-state index contributed by atoms with van der Waals surface area (Å²) in [5, 5.41) is 3.53. The fraction of sp³-hybridized carbons (Fsp3) is 0.571. The van der Waals surface area contributed by atoms with E-state index in [9.17, 15) is 4.79 Å². The number of para-hydroxylation sites is 2. The van der Waals surface area contributed by atoms with Gasteiger partial charge in [0.2, 0.25) is 5.91 Å². The lowest BCUT2D eigenvalue weighted by atomic mass is 10.2. The van der Waals surface area contributed by atoms with E-state index in [-0.39, 0.29) is 30.2 Å². The number of amides is 1. The standard InChI is InChI=1S/C21H29N5O2/c1-13(2)26-12-16(9-19(26)27)22-20-21(25-10-14(3)28-15(4)11-25)24-18-8-6-5-7-17(18)23-20/h5-8,13-16H,9-12H2,1-4H3,(H,22,23)/t14-,15+,16-/m0/s1. The van der Waals surface area contributed by atoms with E-state index in [2.05, 4.69) is 37.9 Å². The van der Waals surface area contributed by atoms with Gasteiger partial charge in [0, 0.05) is 32.1 Å². The number of nitrogens with one attached hydrogen (secondary N) is 1. The number of nitrogens with zero attached hydrogens (tertiary/aromatic N) is 4. The first-order chi connectivity index (χ1) is 13.4. The lowest BCUT2D eigenvalue weighted by Gasteiger charge is -2.37. The molecule has 1 aromatic carbocycles. The summed E-state index contributed by atoms with van der Waals surface area (Å²) in [6.07, 6.45) is 0.755. The second kappa shape index (κ2) is 7.54. The van der Waals surface area contributed by atoms with Crippen molar-refractivity contribution >= 4 is 28.6 Å². The minimum atomic E-state index is 0.0417. The second-order valence-corrected chi connectivity index (χ2v) is 8.23. The molecular formula is C21H29N5O2. The Hall–Kier alpha value is -2.41. The number of hydrogen-bond acceptors (Lipinski definition) is 6. The molecule has 0 unspecified atom stereocenters. The van der Waals surface area contributed by atoms with Crippen LogP contribution in [0.3, 0.4) is 0 Å². The molecule has 1 amide bonds. The van der Waals surface area contributed by atoms with Crippen LogP contribution in [0.25, 0.3) is 11.0 Å². The van der Waals surface area contributed by atoms with Gasteiger partial charge < -0.3 is 19.9 Å². The molecule has 28 heavy (non-hydrogen) atoms. The Morgan fingerprint density at radius 3 is 2.32 bits per heavy atom. The largest absolute Gasteiger partial charge is 0.372 e. The average Bonchev–Trinajstić information content (AvgIpc) is 3.01. The fourth-order valence-corrected chi connectivity index (χ4v) is 4.18. The number of aromatic nitrogens is 2. The summed E-state index contributed by atoms with van der Waals surface area (Å²) in [7, 11) is 0. The topological polar surface area (TPSA) is 70.6 Å². The van der Waals surface area contributed by atoms with Gasteiger partial charge in [-0.2, -0.15) is 0 Å². The summed E-state index contributed by atoms with van der Waals surface area (Å²) < 4.78 is 5.89. The van der Waals surface area contributed by atoms with Gasteiger partial charge in [-0.3, -0.25) is 4.79 Å². The quantitative estimate of drug-likeness (QED) is 0.875. The molecule has 0 aliphatic carbocycles. The first-order valence-electron chi connectivity index (χ1n) is 10.1. The van der Waals surface area contributed by atoms with Crippen LogP contribution in [0.15, 0.2) is 24.3 Å². The molecule has 0 bridgehead atoms. The number of morpholine rings is 1. The Morgan fingerprint density at radius 1 is 1.07 bits per heavy atom. The third-order valence-corrected chi connectivity index (χ3v) is 5.39. The zero-order valence-corrected chi connectivity index (χ0v) is 17.1. The summed E-state index contributed by atoms with van der Waals surface area (Å²) in [5.74, 6) is 1.79. The van der Waals surface area contributed by atoms with Gasteiger partial charge >= 0.3 is 0 Å². The number of carbonyl (C=O) groups is 1. The molecule has 7 nitrogen and oxygen atoms in total. The highest BCUT2D eigenvalue weighted by Crippen LogP contribution is 2.29. The lowest BCUT2D eigenvalue weighted by molar-refractivity contribution is -0.129. The van der Waals surface area contributed by atoms with Crippen molar-refractivity contribution in [3.8, 4) is 0 Å². The van der Waals surface area contributed by atoms with Gasteiger partial charge in [-0.1, -0.05) is 12.1 Å². The minimum Gasteiger partial charge on any atom is -0.372 e. The Labute approximate surface area is 166 Å². The van der Waals surface area contributed by atoms with Crippen molar-refractivity contribution in [1.29, 1.82) is 0 Å². The highest BCUT2D eigenvalue weighted by atomic mass is 16.5. The van der Waals surface area contributed by atoms with Crippen molar-refractivity contribution in [2.75, 3.05) is 29.9 Å². The van der Waals surface area contributed by atoms with Gasteiger partial charge in [-0.05, 0) is 39.8 Å². The van der Waals surface area contributed by atoms with Crippen LogP contribution in [0.1, 0.15) is 34.1 Å². The molecule has 150 valence electrons. The van der Waals surface area contributed by atoms with E-state index < -0.39 is 0 Å². The van der Waals surface area contributed by atoms with Crippen molar-refractivity contribution in [3.05, 3.63) is 24.3 Å². The van der Waals surface area contributed by atoms with Gasteiger partial charge in [0.15, 0.2) is 11.6 Å². The number of rotatable bonds is 4. The molecule has 2 fully saturated rings. The van der Waals surface area contributed by atoms with E-state index in [4.69, 9.17) is 14.7 Å². The van der Waals surface area contributed by atoms with Gasteiger partial charge in [-0.15, -0.1) is 0 Å². The van der Waals surface area contributed by atoms with Crippen molar-refractivity contribution in [2.45, 2.75) is 58.4 Å². The van der Waals surface area contributed by atoms with Crippen LogP contribution in [0.4, 0.5) is 11.6 Å². The molecule has 1 aromatic heterocycles. The van der Waals surface area contributed by atoms with Crippen LogP contribution in [0, 0.1) is 0 Å². The van der Waals surface area contributed by atoms with Crippen LogP contribution in [-0.2, 0) is 9.53 Å². The Bertz CT molecular complexity index is 861. The number of ether oxygens (including phenoxy) is 1. The maximum atomic E-state index is 12.3. The monoisotopic (exact) mass is 383 g/mol. The van der Waals surface area contributed by atoms with E-state index >= 15 is 0 Å². The predicted octanol–water partition coefficient (Wildman–Crippen LogP) is 2.66. The summed E-state index contributed by atoms with van der Waals surface area (Å²) in [4.78, 5) is 26.3. The minimum absolute atomic E-state index is 0.0417. The van der Waals surface area contributed by atoms with E-state index in [0.717, 1.165) is 35.8 Å². The summed E-state index contributed by atoms with van der Waals surface area (Å²) in [6, 6.07) is 8.17. The molecule has 2 saturated heterocycles. The van der Waals surface area contributed by atoms with E-state index in [0.29, 0.717) is 13.0 Å². The van der Waals surface area contributed by atoms with E-state index in [1.54, 1.807) is 0 Å². The second-order valence-electron chi connectivity index (χ2n) is 8.23. The molecule has 4 rings (SSSR count). The van der Waals surface area contributed by atoms with Crippen molar-refractivity contribution in [2.24, 2.45) is 0 Å². The zero-order chi connectivity index (χ0) is 19.8. The highest BCUT2D eigenvalue weighted by Gasteiger charge is 2.33. The maximum Gasteiger partial charge on any atom is 0.225 e. The van der Waals surface area contributed by atoms with Crippen molar-refractivity contribution in [1.82, 2.24) is 14.9 Å². The summed E-state index contributed by atoms with van der Waals surface area (Å²) in [6.45, 7) is 10.5. The third-order valence-electron chi connectivity index (χ3n) is 5.39. The van der Waals surface area contributed by atoms with Gasteiger partial charge in [0.1, 0.15) is 0 Å². The van der Waals surface area contributed by atoms with Crippen LogP contribution in [0.5, 0.6) is 0 Å². The number of carbonyl (C=O) groups excluding carboxylic acids is 1. The molecule has 3 heterocycles. The SMILES string of the molecule is CC(C)N1C[C@@H](Nc2nc3ccccc3nc2N2C[C@@H](C)O[C@@H](C)C2)CC1=O. The number of hydrogen-bond donors (Lipinski definition) is 1. The van der Waals surface area contributed by atoms with Gasteiger partial charge in [0.05, 0.1) is 29.3 Å². The van der Waals surface area contributed by atoms with Crippen LogP contribution in [0.2, 0.25) is 0 Å². The zero-order valence-electron chi connectivity index (χ0n) is 17.1. The molecule has 2 aliphatic rings. The molecule has 7 heteroatoms. The van der Waals surface area contributed by atoms with E-state index in [1.165, 1.54) is 0 Å².